The Morgan fingerprint density at radius 2 is 1.63 bits per heavy atom. The predicted octanol–water partition coefficient (Wildman–Crippen LogP) is 1.45. The lowest BCUT2D eigenvalue weighted by Crippen LogP contribution is -2.47. The van der Waals surface area contributed by atoms with Gasteiger partial charge in [0.05, 0.1) is 12.8 Å². The fraction of sp³-hybridized carbons (Fsp3) is 0.923. The molecular formula is C13H26N2O3S. The first-order valence-electron chi connectivity index (χ1n) is 7.14. The maximum absolute atomic E-state index is 12.1. The van der Waals surface area contributed by atoms with E-state index in [0.29, 0.717) is 13.1 Å². The number of amides is 1. The van der Waals surface area contributed by atoms with Gasteiger partial charge < -0.3 is 4.90 Å². The van der Waals surface area contributed by atoms with Crippen LogP contribution in [0.25, 0.3) is 0 Å². The summed E-state index contributed by atoms with van der Waals surface area (Å²) < 4.78 is 25.3. The van der Waals surface area contributed by atoms with E-state index in [1.807, 2.05) is 13.8 Å². The van der Waals surface area contributed by atoms with Gasteiger partial charge in [0.1, 0.15) is 0 Å². The van der Waals surface area contributed by atoms with E-state index in [1.54, 1.807) is 4.90 Å². The molecule has 112 valence electrons. The standard InChI is InChI=1S/C13H26N2O3S/c1-4-14(5-2)13(16)11-15(19(3,17)18)12-9-7-6-8-10-12/h12H,4-11H2,1-3H3. The summed E-state index contributed by atoms with van der Waals surface area (Å²) in [5.74, 6) is -0.0963. The molecule has 6 heteroatoms. The Morgan fingerprint density at radius 1 is 1.11 bits per heavy atom. The third-order valence-electron chi connectivity index (χ3n) is 3.82. The fourth-order valence-electron chi connectivity index (χ4n) is 2.70. The maximum atomic E-state index is 12.1. The molecule has 1 fully saturated rings. The molecule has 1 saturated carbocycles. The van der Waals surface area contributed by atoms with E-state index in [9.17, 15) is 13.2 Å². The third kappa shape index (κ3) is 4.76. The van der Waals surface area contributed by atoms with Crippen LogP contribution in [0.5, 0.6) is 0 Å². The van der Waals surface area contributed by atoms with Crippen LogP contribution in [-0.2, 0) is 14.8 Å². The van der Waals surface area contributed by atoms with Crippen LogP contribution in [0.15, 0.2) is 0 Å². The van der Waals surface area contributed by atoms with Gasteiger partial charge in [-0.2, -0.15) is 4.31 Å². The topological polar surface area (TPSA) is 57.7 Å². The molecule has 0 unspecified atom stereocenters. The molecule has 5 nitrogen and oxygen atoms in total. The van der Waals surface area contributed by atoms with Gasteiger partial charge in [-0.25, -0.2) is 8.42 Å². The monoisotopic (exact) mass is 290 g/mol. The smallest absolute Gasteiger partial charge is 0.237 e. The van der Waals surface area contributed by atoms with Crippen molar-refractivity contribution in [1.82, 2.24) is 9.21 Å². The van der Waals surface area contributed by atoms with E-state index in [2.05, 4.69) is 0 Å². The number of carbonyl (C=O) groups is 1. The molecule has 0 saturated heterocycles. The molecule has 0 spiro atoms. The molecule has 0 aromatic heterocycles. The van der Waals surface area contributed by atoms with Crippen molar-refractivity contribution in [3.05, 3.63) is 0 Å². The van der Waals surface area contributed by atoms with Gasteiger partial charge in [0.15, 0.2) is 0 Å². The largest absolute Gasteiger partial charge is 0.342 e. The number of nitrogens with zero attached hydrogens (tertiary/aromatic N) is 2. The van der Waals surface area contributed by atoms with E-state index in [-0.39, 0.29) is 18.5 Å². The summed E-state index contributed by atoms with van der Waals surface area (Å²) in [5, 5.41) is 0. The average molecular weight is 290 g/mol. The van der Waals surface area contributed by atoms with Crippen LogP contribution in [0.2, 0.25) is 0 Å². The van der Waals surface area contributed by atoms with Gasteiger partial charge in [-0.3, -0.25) is 4.79 Å². The van der Waals surface area contributed by atoms with Crippen molar-refractivity contribution in [3.8, 4) is 0 Å². The average Bonchev–Trinajstić information content (AvgIpc) is 2.37. The van der Waals surface area contributed by atoms with Crippen LogP contribution in [0, 0.1) is 0 Å². The molecule has 0 aromatic rings. The third-order valence-corrected chi connectivity index (χ3v) is 5.09. The number of hydrogen-bond acceptors (Lipinski definition) is 3. The first kappa shape index (κ1) is 16.4. The number of hydrogen-bond donors (Lipinski definition) is 0. The second-order valence-corrected chi connectivity index (χ2v) is 7.10. The molecule has 1 aliphatic carbocycles. The number of carbonyl (C=O) groups excluding carboxylic acids is 1. The van der Waals surface area contributed by atoms with Gasteiger partial charge in [-0.1, -0.05) is 19.3 Å². The van der Waals surface area contributed by atoms with E-state index < -0.39 is 10.0 Å². The lowest BCUT2D eigenvalue weighted by atomic mass is 9.95. The highest BCUT2D eigenvalue weighted by Crippen LogP contribution is 2.24. The highest BCUT2D eigenvalue weighted by atomic mass is 32.2. The van der Waals surface area contributed by atoms with Crippen molar-refractivity contribution >= 4 is 15.9 Å². The van der Waals surface area contributed by atoms with E-state index >= 15 is 0 Å². The van der Waals surface area contributed by atoms with Crippen LogP contribution in [0.1, 0.15) is 46.0 Å². The van der Waals surface area contributed by atoms with Crippen molar-refractivity contribution in [2.45, 2.75) is 52.0 Å². The zero-order valence-electron chi connectivity index (χ0n) is 12.3. The van der Waals surface area contributed by atoms with Crippen LogP contribution in [0.4, 0.5) is 0 Å². The van der Waals surface area contributed by atoms with Crippen LogP contribution < -0.4 is 0 Å². The summed E-state index contributed by atoms with van der Waals surface area (Å²) in [6, 6.07) is 0.00302. The Bertz CT molecular complexity index is 385. The summed E-state index contributed by atoms with van der Waals surface area (Å²) in [6.45, 7) is 5.06. The van der Waals surface area contributed by atoms with Gasteiger partial charge in [-0.05, 0) is 26.7 Å². The number of likely N-dealkylation sites (N-methyl/N-ethyl adjacent to an activating group) is 1. The molecule has 0 heterocycles. The van der Waals surface area contributed by atoms with E-state index in [0.717, 1.165) is 32.1 Å². The van der Waals surface area contributed by atoms with Gasteiger partial charge in [-0.15, -0.1) is 0 Å². The number of rotatable bonds is 6. The van der Waals surface area contributed by atoms with Gasteiger partial charge in [0.25, 0.3) is 0 Å². The summed E-state index contributed by atoms with van der Waals surface area (Å²) in [6.07, 6.45) is 6.22. The summed E-state index contributed by atoms with van der Waals surface area (Å²) in [7, 11) is -3.32. The van der Waals surface area contributed by atoms with Crippen molar-refractivity contribution in [1.29, 1.82) is 0 Å². The second kappa shape index (κ2) is 7.24. The first-order valence-corrected chi connectivity index (χ1v) is 8.99. The maximum Gasteiger partial charge on any atom is 0.237 e. The van der Waals surface area contributed by atoms with Gasteiger partial charge in [0.2, 0.25) is 15.9 Å². The molecule has 1 rings (SSSR count). The molecule has 0 bridgehead atoms. The van der Waals surface area contributed by atoms with Crippen molar-refractivity contribution in [2.24, 2.45) is 0 Å². The summed E-state index contributed by atoms with van der Waals surface area (Å²) >= 11 is 0. The van der Waals surface area contributed by atoms with Crippen LogP contribution in [-0.4, -0.2) is 55.5 Å². The molecule has 0 aliphatic heterocycles. The minimum absolute atomic E-state index is 0.00302. The Morgan fingerprint density at radius 3 is 2.05 bits per heavy atom. The zero-order valence-corrected chi connectivity index (χ0v) is 13.1. The van der Waals surface area contributed by atoms with Gasteiger partial charge >= 0.3 is 0 Å². The lowest BCUT2D eigenvalue weighted by molar-refractivity contribution is -0.131. The van der Waals surface area contributed by atoms with E-state index in [4.69, 9.17) is 0 Å². The SMILES string of the molecule is CCN(CC)C(=O)CN(C1CCCCC1)S(C)(=O)=O. The first-order chi connectivity index (χ1) is 8.90. The van der Waals surface area contributed by atoms with Crippen molar-refractivity contribution in [2.75, 3.05) is 25.9 Å². The highest BCUT2D eigenvalue weighted by Gasteiger charge is 2.30. The molecule has 1 aliphatic rings. The van der Waals surface area contributed by atoms with Crippen LogP contribution >= 0.6 is 0 Å². The summed E-state index contributed by atoms with van der Waals surface area (Å²) in [5.41, 5.74) is 0. The lowest BCUT2D eigenvalue weighted by Gasteiger charge is -2.33. The second-order valence-electron chi connectivity index (χ2n) is 5.17. The Hall–Kier alpha value is -0.620. The minimum Gasteiger partial charge on any atom is -0.342 e. The van der Waals surface area contributed by atoms with Gasteiger partial charge in [0, 0.05) is 19.1 Å². The Balaban J connectivity index is 2.78. The zero-order chi connectivity index (χ0) is 14.5. The molecule has 0 radical (unpaired) electrons. The summed E-state index contributed by atoms with van der Waals surface area (Å²) in [4.78, 5) is 13.8. The Kier molecular flexibility index (Phi) is 6.26. The number of sulfonamides is 1. The molecule has 0 N–H and O–H groups in total. The van der Waals surface area contributed by atoms with E-state index in [1.165, 1.54) is 10.6 Å². The van der Waals surface area contributed by atoms with Crippen molar-refractivity contribution < 1.29 is 13.2 Å². The molecular weight excluding hydrogens is 264 g/mol. The normalized spacial score (nSPS) is 17.7. The predicted molar refractivity (Wildman–Crippen MR) is 76.4 cm³/mol. The minimum atomic E-state index is -3.32. The molecule has 0 atom stereocenters. The quantitative estimate of drug-likeness (QED) is 0.744. The highest BCUT2D eigenvalue weighted by molar-refractivity contribution is 7.88. The van der Waals surface area contributed by atoms with Crippen LogP contribution in [0.3, 0.4) is 0 Å². The fourth-order valence-corrected chi connectivity index (χ4v) is 3.79. The molecule has 1 amide bonds. The molecule has 0 aromatic carbocycles. The van der Waals surface area contributed by atoms with Crippen molar-refractivity contribution in [3.63, 3.8) is 0 Å². The Labute approximate surface area is 117 Å². The molecule has 19 heavy (non-hydrogen) atoms.